The molecule has 496 valence electrons. The van der Waals surface area contributed by atoms with Crippen LogP contribution in [0.5, 0.6) is 0 Å². The van der Waals surface area contributed by atoms with Crippen LogP contribution in [0.4, 0.5) is 0 Å². The Balaban J connectivity index is 1.75. The molecule has 1 aliphatic rings. The van der Waals surface area contributed by atoms with Gasteiger partial charge < -0.3 is 99.9 Å². The van der Waals surface area contributed by atoms with Gasteiger partial charge in [0.2, 0.25) is 0 Å². The minimum absolute atomic E-state index is 0.136. The first-order chi connectivity index (χ1) is 39.0. The molecule has 0 bridgehead atoms. The van der Waals surface area contributed by atoms with E-state index < -0.39 is 208 Å². The molecule has 0 radical (unpaired) electrons. The Hall–Kier alpha value is -0.490. The number of ether oxygens (including phenoxy) is 3. The third-order valence-electron chi connectivity index (χ3n) is 10.00. The van der Waals surface area contributed by atoms with Crippen molar-refractivity contribution in [1.82, 2.24) is 0 Å². The van der Waals surface area contributed by atoms with Gasteiger partial charge in [-0.2, -0.15) is 0 Å². The molecule has 2 rings (SSSR count). The number of phosphoric acid groups is 7. The Morgan fingerprint density at radius 3 is 1.15 bits per heavy atom. The molecule has 0 spiro atoms. The van der Waals surface area contributed by atoms with Gasteiger partial charge in [-0.25, -0.2) is 32.0 Å². The van der Waals surface area contributed by atoms with E-state index >= 15 is 0 Å². The fourth-order valence-corrected chi connectivity index (χ4v) is 10.9. The van der Waals surface area contributed by atoms with Crippen molar-refractivity contribution in [3.63, 3.8) is 0 Å². The average molecular weight is 1370 g/mol. The fraction of sp³-hybridized carbons (Fsp3) is 0.838. The van der Waals surface area contributed by atoms with E-state index in [1.165, 1.54) is 0 Å². The zero-order valence-corrected chi connectivity index (χ0v) is 50.4. The molecule has 40 nitrogen and oxygen atoms in total. The normalized spacial score (nSPS) is 24.5. The molecule has 18 N–H and O–H groups in total. The van der Waals surface area contributed by atoms with Crippen molar-refractivity contribution in [3.05, 3.63) is 35.9 Å². The standard InChI is InChI=1S/C37H74NO39P7/c38-10-6-1-2-7-11-63-79(50,51)74-24-32(76-37-36(46)35(45)34(44)33(12-39)77-37)25-75-84(60,61)72-21-30(43)19-70-82(56,57)68-17-28(41)15-66-80(52,53)65-14-27(40)16-67-81(54,55)69-18-29(42)20-71-83(58,59)73-23-31(22-64-78(47,48)49)62-13-26-8-4-3-5-9-26/h3-5,8-9,27-37,39-46H,1-2,6-7,10-25,38H2,(H,50,51)(H,52,53)(H,54,55)(H,56,57)(H,58,59)(H,60,61)(H2,47,48,49)/t27-,28+,29-,30+,31+,32-,33+,34+,35-,36+,37-/m0/s1. The molecule has 17 atom stereocenters. The van der Waals surface area contributed by atoms with Crippen molar-refractivity contribution < 1.29 is 185 Å². The van der Waals surface area contributed by atoms with Crippen molar-refractivity contribution in [1.29, 1.82) is 0 Å². The molecule has 0 amide bonds. The van der Waals surface area contributed by atoms with E-state index in [0.29, 0.717) is 37.8 Å². The molecule has 1 saturated heterocycles. The summed E-state index contributed by atoms with van der Waals surface area (Å²) in [5, 5.41) is 80.4. The lowest BCUT2D eigenvalue weighted by molar-refractivity contribution is -0.314. The molecule has 0 aliphatic carbocycles. The van der Waals surface area contributed by atoms with Crippen LogP contribution in [0.1, 0.15) is 31.2 Å². The number of nitrogens with two attached hydrogens (primary N) is 1. The van der Waals surface area contributed by atoms with E-state index in [2.05, 4.69) is 40.7 Å². The van der Waals surface area contributed by atoms with E-state index in [-0.39, 0.29) is 13.2 Å². The molecule has 6 unspecified atom stereocenters. The van der Waals surface area contributed by atoms with Crippen molar-refractivity contribution in [3.8, 4) is 0 Å². The Labute approximate surface area is 478 Å². The molecular formula is C37H74NO39P7. The molecule has 1 aromatic rings. The van der Waals surface area contributed by atoms with Gasteiger partial charge in [0.05, 0.1) is 99.1 Å². The molecule has 47 heteroatoms. The van der Waals surface area contributed by atoms with Crippen LogP contribution < -0.4 is 5.73 Å². The predicted octanol–water partition coefficient (Wildman–Crippen LogP) is -2.37. The number of hydrogen-bond acceptors (Lipinski definition) is 32. The van der Waals surface area contributed by atoms with Crippen molar-refractivity contribution in [2.45, 2.75) is 99.6 Å². The second-order valence-electron chi connectivity index (χ2n) is 17.4. The number of aliphatic hydroxyl groups is 8. The summed E-state index contributed by atoms with van der Waals surface area (Å²) in [7, 11) is -35.7. The van der Waals surface area contributed by atoms with Crippen LogP contribution in [0, 0.1) is 0 Å². The zero-order chi connectivity index (χ0) is 63.4. The maximum absolute atomic E-state index is 12.7. The fourth-order valence-electron chi connectivity index (χ4n) is 5.78. The summed E-state index contributed by atoms with van der Waals surface area (Å²) >= 11 is 0. The van der Waals surface area contributed by atoms with Gasteiger partial charge >= 0.3 is 54.8 Å². The molecule has 0 saturated carbocycles. The van der Waals surface area contributed by atoms with E-state index in [0.717, 1.165) is 0 Å². The van der Waals surface area contributed by atoms with Crippen LogP contribution in [0.15, 0.2) is 30.3 Å². The van der Waals surface area contributed by atoms with E-state index in [1.807, 2.05) is 0 Å². The molecule has 1 heterocycles. The first-order valence-corrected chi connectivity index (χ1v) is 34.9. The Morgan fingerprint density at radius 1 is 0.440 bits per heavy atom. The summed E-state index contributed by atoms with van der Waals surface area (Å²) in [6.07, 6.45) is -17.9. The highest BCUT2D eigenvalue weighted by Crippen LogP contribution is 2.49. The van der Waals surface area contributed by atoms with Crippen molar-refractivity contribution >= 4 is 54.8 Å². The van der Waals surface area contributed by atoms with E-state index in [1.54, 1.807) is 30.3 Å². The van der Waals surface area contributed by atoms with Crippen LogP contribution >= 0.6 is 54.8 Å². The molecule has 0 aromatic heterocycles. The zero-order valence-electron chi connectivity index (χ0n) is 44.1. The first-order valence-electron chi connectivity index (χ1n) is 24.4. The third kappa shape index (κ3) is 37.0. The van der Waals surface area contributed by atoms with Crippen molar-refractivity contribution in [2.24, 2.45) is 5.73 Å². The summed E-state index contributed by atoms with van der Waals surface area (Å²) in [6, 6.07) is 8.33. The van der Waals surface area contributed by atoms with Gasteiger partial charge in [-0.1, -0.05) is 43.2 Å². The van der Waals surface area contributed by atoms with Crippen molar-refractivity contribution in [2.75, 3.05) is 99.0 Å². The SMILES string of the molecule is NCCCCCCOP(=O)(O)OC[C@@H](COP(=O)(O)OC[C@H](O)COP(=O)(O)OC[C@H](O)COP(=O)(O)OC[C@H](O)COP(=O)(O)OC[C@H](O)COP(=O)(O)OC[C@@H](COP(=O)(O)O)OCc1ccccc1)O[C@H]1O[C@H](CO)[C@@H](O)[C@H](O)[C@H]1O. The number of aliphatic hydroxyl groups excluding tert-OH is 8. The smallest absolute Gasteiger partial charge is 0.394 e. The van der Waals surface area contributed by atoms with Gasteiger partial charge in [-0.05, 0) is 24.9 Å². The first kappa shape index (κ1) is 79.6. The maximum atomic E-state index is 12.7. The highest BCUT2D eigenvalue weighted by molar-refractivity contribution is 7.48. The van der Waals surface area contributed by atoms with Gasteiger partial charge in [0.1, 0.15) is 61.0 Å². The van der Waals surface area contributed by atoms with E-state index in [9.17, 15) is 102 Å². The quantitative estimate of drug-likeness (QED) is 0.0239. The van der Waals surface area contributed by atoms with Gasteiger partial charge in [-0.15, -0.1) is 0 Å². The van der Waals surface area contributed by atoms with Gasteiger partial charge in [0.25, 0.3) is 0 Å². The number of phosphoric ester groups is 7. The molecule has 1 aromatic carbocycles. The summed E-state index contributed by atoms with van der Waals surface area (Å²) in [5.74, 6) is 0. The van der Waals surface area contributed by atoms with Crippen LogP contribution in [0.25, 0.3) is 0 Å². The van der Waals surface area contributed by atoms with Crippen LogP contribution in [0.3, 0.4) is 0 Å². The summed E-state index contributed by atoms with van der Waals surface area (Å²) < 4.78 is 161. The number of rotatable bonds is 49. The topological polar surface area (TPSA) is 617 Å². The second kappa shape index (κ2) is 39.0. The highest BCUT2D eigenvalue weighted by atomic mass is 31.2. The second-order valence-corrected chi connectivity index (χ2v) is 27.3. The number of unbranched alkanes of at least 4 members (excludes halogenated alkanes) is 3. The van der Waals surface area contributed by atoms with E-state index in [4.69, 9.17) is 47.8 Å². The number of benzene rings is 1. The van der Waals surface area contributed by atoms with Crippen LogP contribution in [-0.2, 0) is 112 Å². The third-order valence-corrected chi connectivity index (χ3v) is 16.2. The average Bonchev–Trinajstić information content (AvgIpc) is 3.45. The molecule has 1 aliphatic heterocycles. The minimum Gasteiger partial charge on any atom is -0.394 e. The predicted molar refractivity (Wildman–Crippen MR) is 274 cm³/mol. The maximum Gasteiger partial charge on any atom is 0.472 e. The Morgan fingerprint density at radius 2 is 0.786 bits per heavy atom. The number of hydrogen-bond donors (Lipinski definition) is 17. The van der Waals surface area contributed by atoms with Crippen LogP contribution in [-0.4, -0.2) is 246 Å². The van der Waals surface area contributed by atoms with Gasteiger partial charge in [0.15, 0.2) is 6.29 Å². The Bertz CT molecular complexity index is 2340. The van der Waals surface area contributed by atoms with Gasteiger partial charge in [-0.3, -0.25) is 58.8 Å². The molecule has 84 heavy (non-hydrogen) atoms. The Kier molecular flexibility index (Phi) is 37.0. The largest absolute Gasteiger partial charge is 0.472 e. The van der Waals surface area contributed by atoms with Gasteiger partial charge in [0, 0.05) is 0 Å². The van der Waals surface area contributed by atoms with Crippen LogP contribution in [0.2, 0.25) is 0 Å². The lowest BCUT2D eigenvalue weighted by Crippen LogP contribution is -2.60. The highest BCUT2D eigenvalue weighted by Gasteiger charge is 2.45. The lowest BCUT2D eigenvalue weighted by Gasteiger charge is -2.40. The summed E-state index contributed by atoms with van der Waals surface area (Å²) in [5.41, 5.74) is 6.03. The summed E-state index contributed by atoms with van der Waals surface area (Å²) in [6.45, 7) is -13.7. The summed E-state index contributed by atoms with van der Waals surface area (Å²) in [4.78, 5) is 78.1. The molecule has 1 fully saturated rings. The lowest BCUT2D eigenvalue weighted by atomic mass is 9.99. The molecular weight excluding hydrogens is 1300 g/mol. The monoisotopic (exact) mass is 1370 g/mol. The minimum atomic E-state index is -5.27.